The Hall–Kier alpha value is -4.60. The maximum absolute atomic E-state index is 11.6. The predicted octanol–water partition coefficient (Wildman–Crippen LogP) is 2.48. The number of hydrogen-bond acceptors (Lipinski definition) is 10. The third-order valence-corrected chi connectivity index (χ3v) is 7.24. The molecule has 1 N–H and O–H groups in total. The standard InChI is InChI=1S/C28H28N8O4/c29-12-19-1-3-21(31-13-19)18-40-27-15-30-14-25(33-27)35-8-6-34(7-9-35)17-26-32-23-4-2-20(28(37)38)11-24(23)36(26)16-22-5-10-39-22/h1-4,11,13-15,22H,5-10,16-18H2,(H,37,38). The van der Waals surface area contributed by atoms with Gasteiger partial charge in [-0.1, -0.05) is 0 Å². The van der Waals surface area contributed by atoms with Gasteiger partial charge < -0.3 is 24.0 Å². The number of carboxylic acid groups (broad SMARTS) is 1. The summed E-state index contributed by atoms with van der Waals surface area (Å²) >= 11 is 0. The molecule has 0 bridgehead atoms. The number of anilines is 1. The highest BCUT2D eigenvalue weighted by atomic mass is 16.5. The maximum Gasteiger partial charge on any atom is 0.335 e. The van der Waals surface area contributed by atoms with E-state index in [0.717, 1.165) is 61.9 Å². The van der Waals surface area contributed by atoms with E-state index >= 15 is 0 Å². The lowest BCUT2D eigenvalue weighted by atomic mass is 10.1. The summed E-state index contributed by atoms with van der Waals surface area (Å²) < 4.78 is 13.6. The van der Waals surface area contributed by atoms with Gasteiger partial charge in [-0.3, -0.25) is 14.9 Å². The quantitative estimate of drug-likeness (QED) is 0.334. The highest BCUT2D eigenvalue weighted by Crippen LogP contribution is 2.24. The van der Waals surface area contributed by atoms with Gasteiger partial charge in [-0.2, -0.15) is 10.2 Å². The van der Waals surface area contributed by atoms with Crippen LogP contribution < -0.4 is 9.64 Å². The van der Waals surface area contributed by atoms with Crippen molar-refractivity contribution in [2.45, 2.75) is 32.2 Å². The molecular weight excluding hydrogens is 512 g/mol. The van der Waals surface area contributed by atoms with E-state index in [9.17, 15) is 9.90 Å². The molecule has 4 aromatic rings. The molecule has 1 unspecified atom stereocenters. The van der Waals surface area contributed by atoms with E-state index in [2.05, 4.69) is 35.4 Å². The lowest BCUT2D eigenvalue weighted by Crippen LogP contribution is -2.46. The van der Waals surface area contributed by atoms with E-state index in [1.54, 1.807) is 42.7 Å². The zero-order valence-corrected chi connectivity index (χ0v) is 21.8. The Morgan fingerprint density at radius 3 is 2.67 bits per heavy atom. The largest absolute Gasteiger partial charge is 0.478 e. The maximum atomic E-state index is 11.6. The second kappa shape index (κ2) is 11.3. The molecule has 0 spiro atoms. The first kappa shape index (κ1) is 25.7. The molecule has 1 aromatic carbocycles. The molecule has 2 aliphatic rings. The summed E-state index contributed by atoms with van der Waals surface area (Å²) in [5.41, 5.74) is 3.08. The van der Waals surface area contributed by atoms with Crippen molar-refractivity contribution in [1.82, 2.24) is 29.4 Å². The first-order valence-corrected chi connectivity index (χ1v) is 13.2. The van der Waals surface area contributed by atoms with E-state index in [0.29, 0.717) is 30.2 Å². The van der Waals surface area contributed by atoms with Gasteiger partial charge in [-0.05, 0) is 36.8 Å². The van der Waals surface area contributed by atoms with Crippen LogP contribution >= 0.6 is 0 Å². The summed E-state index contributed by atoms with van der Waals surface area (Å²) in [4.78, 5) is 34.1. The average Bonchev–Trinajstić information content (AvgIpc) is 3.30. The number of piperazine rings is 1. The molecule has 2 saturated heterocycles. The fourth-order valence-electron chi connectivity index (χ4n) is 4.88. The van der Waals surface area contributed by atoms with Gasteiger partial charge >= 0.3 is 5.97 Å². The number of rotatable bonds is 9. The van der Waals surface area contributed by atoms with Gasteiger partial charge in [-0.15, -0.1) is 0 Å². The number of nitriles is 1. The highest BCUT2D eigenvalue weighted by Gasteiger charge is 2.25. The van der Waals surface area contributed by atoms with Crippen molar-refractivity contribution in [1.29, 1.82) is 5.26 Å². The zero-order valence-electron chi connectivity index (χ0n) is 21.8. The minimum atomic E-state index is -0.948. The Morgan fingerprint density at radius 1 is 1.12 bits per heavy atom. The van der Waals surface area contributed by atoms with Crippen molar-refractivity contribution >= 4 is 22.8 Å². The predicted molar refractivity (Wildman–Crippen MR) is 144 cm³/mol. The molecule has 0 amide bonds. The lowest BCUT2D eigenvalue weighted by molar-refractivity contribution is -0.0592. The van der Waals surface area contributed by atoms with E-state index in [1.165, 1.54) is 6.20 Å². The van der Waals surface area contributed by atoms with Crippen molar-refractivity contribution in [2.75, 3.05) is 37.7 Å². The normalized spacial score (nSPS) is 17.4. The van der Waals surface area contributed by atoms with E-state index in [-0.39, 0.29) is 18.3 Å². The van der Waals surface area contributed by atoms with Gasteiger partial charge in [0.05, 0.1) is 59.4 Å². The summed E-state index contributed by atoms with van der Waals surface area (Å²) in [6, 6.07) is 10.6. The van der Waals surface area contributed by atoms with Crippen LogP contribution in [0.1, 0.15) is 33.9 Å². The van der Waals surface area contributed by atoms with E-state index in [4.69, 9.17) is 19.7 Å². The van der Waals surface area contributed by atoms with E-state index < -0.39 is 5.97 Å². The van der Waals surface area contributed by atoms with Crippen molar-refractivity contribution in [3.8, 4) is 11.9 Å². The number of carboxylic acids is 1. The molecule has 204 valence electrons. The SMILES string of the molecule is N#Cc1ccc(COc2cncc(N3CCN(Cc4nc5ccc(C(=O)O)cc5n4CC4CCO4)CC3)n2)nc1. The highest BCUT2D eigenvalue weighted by molar-refractivity contribution is 5.92. The third kappa shape index (κ3) is 5.56. The topological polar surface area (TPSA) is 143 Å². The fourth-order valence-corrected chi connectivity index (χ4v) is 4.88. The summed E-state index contributed by atoms with van der Waals surface area (Å²) in [7, 11) is 0. The van der Waals surface area contributed by atoms with Crippen molar-refractivity contribution in [3.05, 3.63) is 71.6 Å². The Bertz CT molecular complexity index is 1550. The first-order valence-electron chi connectivity index (χ1n) is 13.2. The molecule has 1 atom stereocenters. The van der Waals surface area contributed by atoms with Crippen LogP contribution in [0.2, 0.25) is 0 Å². The van der Waals surface area contributed by atoms with Crippen LogP contribution in [-0.2, 0) is 24.4 Å². The summed E-state index contributed by atoms with van der Waals surface area (Å²) in [6.07, 6.45) is 5.95. The Labute approximate surface area is 230 Å². The monoisotopic (exact) mass is 540 g/mol. The number of aromatic nitrogens is 5. The van der Waals surface area contributed by atoms with Crippen LogP contribution in [0.25, 0.3) is 11.0 Å². The molecule has 6 rings (SSSR count). The minimum Gasteiger partial charge on any atom is -0.478 e. The van der Waals surface area contributed by atoms with Gasteiger partial charge in [0.25, 0.3) is 0 Å². The molecule has 2 fully saturated rings. The van der Waals surface area contributed by atoms with Gasteiger partial charge in [0.2, 0.25) is 5.88 Å². The molecule has 12 heteroatoms. The summed E-state index contributed by atoms with van der Waals surface area (Å²) in [5, 5.41) is 18.4. The third-order valence-electron chi connectivity index (χ3n) is 7.24. The molecule has 3 aromatic heterocycles. The van der Waals surface area contributed by atoms with Crippen LogP contribution in [0.15, 0.2) is 48.9 Å². The Kier molecular flexibility index (Phi) is 7.22. The van der Waals surface area contributed by atoms with Gasteiger partial charge in [0.1, 0.15) is 18.5 Å². The van der Waals surface area contributed by atoms with Gasteiger partial charge in [0.15, 0.2) is 5.82 Å². The number of aromatic carboxylic acids is 1. The second-order valence-corrected chi connectivity index (χ2v) is 9.85. The number of hydrogen-bond donors (Lipinski definition) is 1. The number of pyridine rings is 1. The molecule has 0 radical (unpaired) electrons. The molecule has 0 saturated carbocycles. The summed E-state index contributed by atoms with van der Waals surface area (Å²) in [5.74, 6) is 1.13. The Morgan fingerprint density at radius 2 is 1.98 bits per heavy atom. The number of carbonyl (C=O) groups is 1. The number of imidazole rings is 1. The first-order chi connectivity index (χ1) is 19.6. The molecule has 12 nitrogen and oxygen atoms in total. The van der Waals surface area contributed by atoms with Gasteiger partial charge in [-0.25, -0.2) is 9.78 Å². The average molecular weight is 541 g/mol. The molecule has 0 aliphatic carbocycles. The molecule has 40 heavy (non-hydrogen) atoms. The van der Waals surface area contributed by atoms with Crippen LogP contribution in [0.4, 0.5) is 5.82 Å². The number of nitrogens with zero attached hydrogens (tertiary/aromatic N) is 8. The van der Waals surface area contributed by atoms with Gasteiger partial charge in [0, 0.05) is 39.0 Å². The van der Waals surface area contributed by atoms with Crippen LogP contribution in [0.5, 0.6) is 5.88 Å². The fraction of sp³-hybridized carbons (Fsp3) is 0.357. The molecular formula is C28H28N8O4. The van der Waals surface area contributed by atoms with Crippen molar-refractivity contribution in [2.24, 2.45) is 0 Å². The van der Waals surface area contributed by atoms with Crippen LogP contribution in [0.3, 0.4) is 0 Å². The van der Waals surface area contributed by atoms with Crippen LogP contribution in [0, 0.1) is 11.3 Å². The number of ether oxygens (including phenoxy) is 2. The molecule has 5 heterocycles. The van der Waals surface area contributed by atoms with Crippen molar-refractivity contribution in [3.63, 3.8) is 0 Å². The summed E-state index contributed by atoms with van der Waals surface area (Å²) in [6.45, 7) is 5.47. The Balaban J connectivity index is 1.10. The lowest BCUT2D eigenvalue weighted by Gasteiger charge is -2.35. The zero-order chi connectivity index (χ0) is 27.5. The number of benzene rings is 1. The second-order valence-electron chi connectivity index (χ2n) is 9.85. The van der Waals surface area contributed by atoms with Crippen LogP contribution in [-0.4, -0.2) is 79.4 Å². The number of fused-ring (bicyclic) bond motifs is 1. The smallest absolute Gasteiger partial charge is 0.335 e. The van der Waals surface area contributed by atoms with Crippen molar-refractivity contribution < 1.29 is 19.4 Å². The minimum absolute atomic E-state index is 0.127. The molecule has 2 aliphatic heterocycles. The van der Waals surface area contributed by atoms with E-state index in [1.807, 2.05) is 0 Å².